The average molecular weight is 834 g/mol. The maximum absolute atomic E-state index is 13.7. The second-order valence-corrected chi connectivity index (χ2v) is 16.7. The number of rotatable bonds is 10. The molecule has 2 fully saturated rings. The lowest BCUT2D eigenvalue weighted by atomic mass is 9.92. The first-order valence-electron chi connectivity index (χ1n) is 20.8. The van der Waals surface area contributed by atoms with Crippen LogP contribution >= 0.6 is 0 Å². The van der Waals surface area contributed by atoms with Gasteiger partial charge in [-0.2, -0.15) is 0 Å². The molecule has 4 amide bonds. The van der Waals surface area contributed by atoms with Gasteiger partial charge in [-0.15, -0.1) is 0 Å². The Bertz CT molecular complexity index is 2520. The summed E-state index contributed by atoms with van der Waals surface area (Å²) in [5, 5.41) is 6.13. The number of hydrogen-bond acceptors (Lipinski definition) is 11. The van der Waals surface area contributed by atoms with Crippen LogP contribution in [-0.4, -0.2) is 94.9 Å². The van der Waals surface area contributed by atoms with E-state index < -0.39 is 29.9 Å². The molecule has 16 nitrogen and oxygen atoms in total. The quantitative estimate of drug-likeness (QED) is 0.152. The Labute approximate surface area is 352 Å². The van der Waals surface area contributed by atoms with Crippen LogP contribution in [-0.2, 0) is 25.7 Å². The topological polar surface area (TPSA) is 198 Å². The number of H-pyrrole nitrogens is 1. The second-order valence-electron chi connectivity index (χ2n) is 16.7. The zero-order valence-corrected chi connectivity index (χ0v) is 35.2. The molecule has 0 aliphatic carbocycles. The Morgan fingerprint density at radius 3 is 2.15 bits per heavy atom. The van der Waals surface area contributed by atoms with Gasteiger partial charge in [-0.05, 0) is 66.9 Å². The highest BCUT2D eigenvalue weighted by Gasteiger charge is 2.40. The van der Waals surface area contributed by atoms with Crippen molar-refractivity contribution in [1.29, 1.82) is 0 Å². The van der Waals surface area contributed by atoms with Crippen molar-refractivity contribution in [3.8, 4) is 28.1 Å². The van der Waals surface area contributed by atoms with Gasteiger partial charge in [-0.25, -0.2) is 19.4 Å². The number of aliphatic imine (C=N–C) groups is 1. The van der Waals surface area contributed by atoms with Gasteiger partial charge < -0.3 is 44.0 Å². The summed E-state index contributed by atoms with van der Waals surface area (Å²) < 4.78 is 21.8. The number of aromatic nitrogens is 2. The molecule has 4 aliphatic heterocycles. The van der Waals surface area contributed by atoms with E-state index in [1.807, 2.05) is 69.1 Å². The highest BCUT2D eigenvalue weighted by molar-refractivity contribution is 6.04. The standard InChI is InChI=1S/C45H51N7O9/c1-23(2)38(49-44(56)58-5)41(53)51-15-7-9-33(51)31-17-27(20-46-31)25-11-14-29-35(18-25)60-22-30-28-13-12-26(19-36(28)61-43(55)37(29)30)32-21-47-40(48-32)34-10-8-16-52(34)42(54)39(24(3)4)50-45(57)59-6/h11-14,18-21,23-24,33-34,38-39H,7-10,15-17,22H2,1-6H3,(H,47,48)(H,49,56)(H,50,57)/t33-,34?,38-,39-/m0/s1. The van der Waals surface area contributed by atoms with E-state index in [0.29, 0.717) is 53.5 Å². The summed E-state index contributed by atoms with van der Waals surface area (Å²) in [6.07, 6.45) is 5.94. The van der Waals surface area contributed by atoms with Crippen molar-refractivity contribution >= 4 is 46.3 Å². The molecule has 4 atom stereocenters. The normalized spacial score (nSPS) is 19.2. The molecule has 4 aliphatic rings. The zero-order valence-electron chi connectivity index (χ0n) is 35.2. The number of aromatic amines is 1. The summed E-state index contributed by atoms with van der Waals surface area (Å²) in [6, 6.07) is 9.51. The lowest BCUT2D eigenvalue weighted by molar-refractivity contribution is -0.135. The van der Waals surface area contributed by atoms with Crippen LogP contribution in [0.25, 0.3) is 38.9 Å². The number of hydrogen-bond donors (Lipinski definition) is 3. The van der Waals surface area contributed by atoms with Crippen molar-refractivity contribution in [3.63, 3.8) is 0 Å². The fraction of sp³-hybridized carbons (Fsp3) is 0.444. The van der Waals surface area contributed by atoms with Gasteiger partial charge in [0.25, 0.3) is 0 Å². The Morgan fingerprint density at radius 1 is 0.852 bits per heavy atom. The lowest BCUT2D eigenvalue weighted by Crippen LogP contribution is -2.53. The third-order valence-corrected chi connectivity index (χ3v) is 12.2. The van der Waals surface area contributed by atoms with Gasteiger partial charge in [-0.1, -0.05) is 45.9 Å². The number of benzene rings is 2. The number of nitrogens with zero attached hydrogens (tertiary/aromatic N) is 4. The molecule has 3 N–H and O–H groups in total. The van der Waals surface area contributed by atoms with Gasteiger partial charge in [0.15, 0.2) is 0 Å². The SMILES string of the molecule is COC(=O)N[C@H](C(=O)N1CCCC1c1ncc(-c2ccc3c4c(c(=O)oc3c2)-c2ccc(C3=CN=C([C@@H]5CCCN5C(=O)[C@@H](NC(=O)OC)C(C)C)C3)cc2OC4)[nH]1)C(C)C. The second kappa shape index (κ2) is 16.9. The molecule has 6 heterocycles. The minimum Gasteiger partial charge on any atom is -0.488 e. The molecule has 4 aromatic rings. The zero-order chi connectivity index (χ0) is 43.1. The van der Waals surface area contributed by atoms with Gasteiger partial charge in [-0.3, -0.25) is 14.6 Å². The molecule has 1 unspecified atom stereocenters. The van der Waals surface area contributed by atoms with Crippen molar-refractivity contribution in [3.05, 3.63) is 76.2 Å². The van der Waals surface area contributed by atoms with Gasteiger partial charge in [0.2, 0.25) is 11.8 Å². The van der Waals surface area contributed by atoms with Gasteiger partial charge in [0.1, 0.15) is 35.8 Å². The molecule has 2 aromatic heterocycles. The Balaban J connectivity index is 0.978. The van der Waals surface area contributed by atoms with E-state index in [1.165, 1.54) is 14.2 Å². The van der Waals surface area contributed by atoms with Crippen molar-refractivity contribution in [1.82, 2.24) is 30.4 Å². The number of methoxy groups -OCH3 is 2. The Hall–Kier alpha value is -6.45. The molecule has 0 saturated carbocycles. The van der Waals surface area contributed by atoms with Crippen molar-refractivity contribution in [2.45, 2.75) is 90.6 Å². The number of fused-ring (bicyclic) bond motifs is 5. The number of carbonyl (C=O) groups is 4. The predicted molar refractivity (Wildman–Crippen MR) is 227 cm³/mol. The van der Waals surface area contributed by atoms with E-state index in [0.717, 1.165) is 59.0 Å². The smallest absolute Gasteiger partial charge is 0.407 e. The third-order valence-electron chi connectivity index (χ3n) is 12.2. The number of likely N-dealkylation sites (tertiary alicyclic amines) is 2. The van der Waals surface area contributed by atoms with Crippen molar-refractivity contribution < 1.29 is 37.8 Å². The molecule has 61 heavy (non-hydrogen) atoms. The summed E-state index contributed by atoms with van der Waals surface area (Å²) in [4.78, 5) is 81.4. The number of carbonyl (C=O) groups excluding carboxylic acids is 4. The van der Waals surface area contributed by atoms with Gasteiger partial charge >= 0.3 is 17.8 Å². The number of allylic oxidation sites excluding steroid dienone is 1. The summed E-state index contributed by atoms with van der Waals surface area (Å²) in [7, 11) is 2.55. The largest absolute Gasteiger partial charge is 0.488 e. The highest BCUT2D eigenvalue weighted by Crippen LogP contribution is 2.42. The Morgan fingerprint density at radius 2 is 1.49 bits per heavy atom. The minimum absolute atomic E-state index is 0.125. The number of imidazole rings is 1. The first-order valence-corrected chi connectivity index (χ1v) is 20.8. The molecule has 2 saturated heterocycles. The van der Waals surface area contributed by atoms with E-state index >= 15 is 0 Å². The fourth-order valence-corrected chi connectivity index (χ4v) is 8.98. The van der Waals surface area contributed by atoms with Crippen LogP contribution in [0.5, 0.6) is 5.75 Å². The third kappa shape index (κ3) is 7.86. The van der Waals surface area contributed by atoms with E-state index in [1.54, 1.807) is 17.2 Å². The molecule has 0 radical (unpaired) electrons. The molecule has 0 spiro atoms. The molecule has 8 rings (SSSR count). The Kier molecular flexibility index (Phi) is 11.4. The van der Waals surface area contributed by atoms with Crippen LogP contribution in [0.15, 0.2) is 63.0 Å². The van der Waals surface area contributed by atoms with Gasteiger partial charge in [0.05, 0.1) is 43.8 Å². The minimum atomic E-state index is -0.737. The molecular formula is C45H51N7O9. The monoisotopic (exact) mass is 833 g/mol. The first kappa shape index (κ1) is 41.3. The molecule has 2 aromatic carbocycles. The van der Waals surface area contributed by atoms with E-state index in [2.05, 4.69) is 20.6 Å². The van der Waals surface area contributed by atoms with Crippen LogP contribution in [0.4, 0.5) is 9.59 Å². The van der Waals surface area contributed by atoms with Crippen molar-refractivity contribution in [2.75, 3.05) is 27.3 Å². The summed E-state index contributed by atoms with van der Waals surface area (Å²) in [6.45, 7) is 8.83. The van der Waals surface area contributed by atoms with Crippen LogP contribution in [0.3, 0.4) is 0 Å². The summed E-state index contributed by atoms with van der Waals surface area (Å²) in [5.74, 6) is 0.594. The number of amides is 4. The first-order chi connectivity index (χ1) is 29.4. The van der Waals surface area contributed by atoms with Crippen LogP contribution < -0.4 is 21.0 Å². The summed E-state index contributed by atoms with van der Waals surface area (Å²) >= 11 is 0. The van der Waals surface area contributed by atoms with Crippen LogP contribution in [0, 0.1) is 11.8 Å². The lowest BCUT2D eigenvalue weighted by Gasteiger charge is -2.31. The summed E-state index contributed by atoms with van der Waals surface area (Å²) in [5.41, 5.74) is 6.01. The maximum atomic E-state index is 13.7. The number of nitrogens with one attached hydrogen (secondary N) is 3. The van der Waals surface area contributed by atoms with Crippen molar-refractivity contribution in [2.24, 2.45) is 16.8 Å². The number of alkyl carbamates (subject to hydrolysis) is 2. The highest BCUT2D eigenvalue weighted by atomic mass is 16.5. The van der Waals surface area contributed by atoms with Crippen LogP contribution in [0.2, 0.25) is 0 Å². The average Bonchev–Trinajstić information content (AvgIpc) is 4.10. The van der Waals surface area contributed by atoms with E-state index in [-0.39, 0.29) is 42.3 Å². The maximum Gasteiger partial charge on any atom is 0.407 e. The fourth-order valence-electron chi connectivity index (χ4n) is 8.98. The molecular weight excluding hydrogens is 783 g/mol. The van der Waals surface area contributed by atoms with Gasteiger partial charge in [0, 0.05) is 53.5 Å². The van der Waals surface area contributed by atoms with Crippen LogP contribution in [0.1, 0.15) is 82.8 Å². The molecule has 16 heteroatoms. The van der Waals surface area contributed by atoms with E-state index in [4.69, 9.17) is 23.6 Å². The molecule has 320 valence electrons. The molecule has 0 bridgehead atoms. The number of ether oxygens (including phenoxy) is 3. The predicted octanol–water partition coefficient (Wildman–Crippen LogP) is 6.34. The van der Waals surface area contributed by atoms with E-state index in [9.17, 15) is 24.0 Å².